The SMILES string of the molecule is Cc1sc(CCN2CCOC2=O)nc1-c1ccc(NS(C)(=O)=O)cc1. The Bertz CT molecular complexity index is 875. The van der Waals surface area contributed by atoms with Crippen LogP contribution in [0, 0.1) is 6.92 Å². The first-order valence-corrected chi connectivity index (χ1v) is 10.5. The second-order valence-corrected chi connectivity index (χ2v) is 8.85. The standard InChI is InChI=1S/C16H19N3O4S2/c1-11-15(12-3-5-13(6-4-12)18-25(2,21)22)17-14(24-11)7-8-19-9-10-23-16(19)20/h3-6,18H,7-10H2,1-2H3. The molecule has 1 amide bonds. The van der Waals surface area contributed by atoms with Gasteiger partial charge in [-0.2, -0.15) is 0 Å². The van der Waals surface area contributed by atoms with Crippen molar-refractivity contribution in [3.8, 4) is 11.3 Å². The summed E-state index contributed by atoms with van der Waals surface area (Å²) in [7, 11) is -3.28. The van der Waals surface area contributed by atoms with Gasteiger partial charge in [-0.05, 0) is 19.1 Å². The molecule has 1 aromatic carbocycles. The molecule has 0 radical (unpaired) electrons. The zero-order chi connectivity index (χ0) is 18.0. The largest absolute Gasteiger partial charge is 0.448 e. The van der Waals surface area contributed by atoms with Gasteiger partial charge in [0.05, 0.1) is 23.5 Å². The zero-order valence-corrected chi connectivity index (χ0v) is 15.6. The van der Waals surface area contributed by atoms with E-state index in [0.29, 0.717) is 31.8 Å². The number of aromatic nitrogens is 1. The molecule has 2 aromatic rings. The van der Waals surface area contributed by atoms with Crippen LogP contribution in [0.15, 0.2) is 24.3 Å². The van der Waals surface area contributed by atoms with E-state index >= 15 is 0 Å². The number of cyclic esters (lactones) is 1. The Hall–Kier alpha value is -2.13. The normalized spacial score (nSPS) is 14.6. The summed E-state index contributed by atoms with van der Waals surface area (Å²) in [5.74, 6) is 0. The highest BCUT2D eigenvalue weighted by molar-refractivity contribution is 7.92. The fraction of sp³-hybridized carbons (Fsp3) is 0.375. The summed E-state index contributed by atoms with van der Waals surface area (Å²) in [4.78, 5) is 18.9. The van der Waals surface area contributed by atoms with Crippen molar-refractivity contribution >= 4 is 33.1 Å². The summed E-state index contributed by atoms with van der Waals surface area (Å²) in [6.07, 6.45) is 1.55. The van der Waals surface area contributed by atoms with E-state index in [0.717, 1.165) is 27.4 Å². The summed E-state index contributed by atoms with van der Waals surface area (Å²) in [5.41, 5.74) is 2.33. The van der Waals surface area contributed by atoms with Crippen LogP contribution in [0.4, 0.5) is 10.5 Å². The topological polar surface area (TPSA) is 88.6 Å². The summed E-state index contributed by atoms with van der Waals surface area (Å²) in [6.45, 7) is 3.69. The molecule has 3 rings (SSSR count). The Labute approximate surface area is 150 Å². The lowest BCUT2D eigenvalue weighted by atomic mass is 10.1. The number of thiazole rings is 1. The maximum absolute atomic E-state index is 11.5. The van der Waals surface area contributed by atoms with E-state index in [2.05, 4.69) is 9.71 Å². The molecule has 0 spiro atoms. The predicted octanol–water partition coefficient (Wildman–Crippen LogP) is 2.48. The highest BCUT2D eigenvalue weighted by Crippen LogP contribution is 2.29. The van der Waals surface area contributed by atoms with Crippen LogP contribution in [-0.4, -0.2) is 50.3 Å². The minimum atomic E-state index is -3.28. The van der Waals surface area contributed by atoms with Gasteiger partial charge in [-0.15, -0.1) is 11.3 Å². The Morgan fingerprint density at radius 1 is 1.32 bits per heavy atom. The van der Waals surface area contributed by atoms with Gasteiger partial charge in [0, 0.05) is 29.1 Å². The predicted molar refractivity (Wildman–Crippen MR) is 97.4 cm³/mol. The van der Waals surface area contributed by atoms with Gasteiger partial charge in [-0.3, -0.25) is 4.72 Å². The van der Waals surface area contributed by atoms with E-state index in [1.54, 1.807) is 28.4 Å². The highest BCUT2D eigenvalue weighted by atomic mass is 32.2. The van der Waals surface area contributed by atoms with E-state index in [4.69, 9.17) is 4.74 Å². The first kappa shape index (κ1) is 17.7. The molecule has 1 aromatic heterocycles. The smallest absolute Gasteiger partial charge is 0.409 e. The molecule has 134 valence electrons. The Balaban J connectivity index is 1.70. The summed E-state index contributed by atoms with van der Waals surface area (Å²) in [5, 5.41) is 0.963. The highest BCUT2D eigenvalue weighted by Gasteiger charge is 2.22. The lowest BCUT2D eigenvalue weighted by Crippen LogP contribution is -2.26. The molecule has 9 heteroatoms. The van der Waals surface area contributed by atoms with Crippen molar-refractivity contribution in [2.75, 3.05) is 30.7 Å². The van der Waals surface area contributed by atoms with Crippen molar-refractivity contribution < 1.29 is 17.9 Å². The molecule has 0 atom stereocenters. The fourth-order valence-electron chi connectivity index (χ4n) is 2.60. The van der Waals surface area contributed by atoms with Gasteiger partial charge in [-0.1, -0.05) is 12.1 Å². The van der Waals surface area contributed by atoms with E-state index in [1.165, 1.54) is 0 Å². The van der Waals surface area contributed by atoms with Gasteiger partial charge in [0.15, 0.2) is 0 Å². The third kappa shape index (κ3) is 4.49. The molecule has 0 aliphatic carbocycles. The molecule has 2 heterocycles. The maximum Gasteiger partial charge on any atom is 0.409 e. The van der Waals surface area contributed by atoms with Crippen molar-refractivity contribution in [1.82, 2.24) is 9.88 Å². The molecule has 1 fully saturated rings. The summed E-state index contributed by atoms with van der Waals surface area (Å²) in [6, 6.07) is 7.12. The molecule has 25 heavy (non-hydrogen) atoms. The number of ether oxygens (including phenoxy) is 1. The second-order valence-electron chi connectivity index (χ2n) is 5.82. The van der Waals surface area contributed by atoms with E-state index < -0.39 is 10.0 Å². The first-order valence-electron chi connectivity index (χ1n) is 7.78. The third-order valence-corrected chi connectivity index (χ3v) is 5.38. The van der Waals surface area contributed by atoms with Crippen molar-refractivity contribution in [2.45, 2.75) is 13.3 Å². The van der Waals surface area contributed by atoms with E-state index in [9.17, 15) is 13.2 Å². The molecular weight excluding hydrogens is 362 g/mol. The second kappa shape index (κ2) is 7.01. The summed E-state index contributed by atoms with van der Waals surface area (Å²) < 4.78 is 29.9. The van der Waals surface area contributed by atoms with Gasteiger partial charge < -0.3 is 9.64 Å². The van der Waals surface area contributed by atoms with Crippen molar-refractivity contribution in [3.63, 3.8) is 0 Å². The minimum absolute atomic E-state index is 0.262. The molecule has 0 bridgehead atoms. The first-order chi connectivity index (χ1) is 11.8. The fourth-order valence-corrected chi connectivity index (χ4v) is 4.10. The Morgan fingerprint density at radius 2 is 2.04 bits per heavy atom. The monoisotopic (exact) mass is 381 g/mol. The number of hydrogen-bond donors (Lipinski definition) is 1. The number of aryl methyl sites for hydroxylation is 1. The number of rotatable bonds is 6. The van der Waals surface area contributed by atoms with Gasteiger partial charge in [0.25, 0.3) is 0 Å². The number of hydrogen-bond acceptors (Lipinski definition) is 6. The van der Waals surface area contributed by atoms with Crippen LogP contribution >= 0.6 is 11.3 Å². The van der Waals surface area contributed by atoms with Crippen LogP contribution in [0.3, 0.4) is 0 Å². The summed E-state index contributed by atoms with van der Waals surface area (Å²) >= 11 is 1.61. The van der Waals surface area contributed by atoms with Gasteiger partial charge in [0.1, 0.15) is 6.61 Å². The number of anilines is 1. The Kier molecular flexibility index (Phi) is 4.96. The lowest BCUT2D eigenvalue weighted by molar-refractivity contribution is 0.159. The van der Waals surface area contributed by atoms with Crippen molar-refractivity contribution in [2.24, 2.45) is 0 Å². The molecular formula is C16H19N3O4S2. The Morgan fingerprint density at radius 3 is 2.64 bits per heavy atom. The molecule has 1 saturated heterocycles. The minimum Gasteiger partial charge on any atom is -0.448 e. The number of benzene rings is 1. The number of sulfonamides is 1. The van der Waals surface area contributed by atoms with Crippen LogP contribution in [0.2, 0.25) is 0 Å². The van der Waals surface area contributed by atoms with Crippen molar-refractivity contribution in [3.05, 3.63) is 34.2 Å². The molecule has 1 N–H and O–H groups in total. The van der Waals surface area contributed by atoms with Crippen LogP contribution in [0.25, 0.3) is 11.3 Å². The molecule has 7 nitrogen and oxygen atoms in total. The quantitative estimate of drug-likeness (QED) is 0.830. The maximum atomic E-state index is 11.5. The lowest BCUT2D eigenvalue weighted by Gasteiger charge is -2.10. The van der Waals surface area contributed by atoms with Gasteiger partial charge >= 0.3 is 6.09 Å². The van der Waals surface area contributed by atoms with Crippen LogP contribution in [-0.2, 0) is 21.2 Å². The number of carbonyl (C=O) groups excluding carboxylic acids is 1. The number of nitrogens with one attached hydrogen (secondary N) is 1. The van der Waals surface area contributed by atoms with Crippen LogP contribution in [0.5, 0.6) is 0 Å². The van der Waals surface area contributed by atoms with E-state index in [-0.39, 0.29) is 6.09 Å². The molecule has 0 unspecified atom stereocenters. The average molecular weight is 381 g/mol. The third-order valence-electron chi connectivity index (χ3n) is 3.74. The number of nitrogens with zero attached hydrogens (tertiary/aromatic N) is 2. The van der Waals surface area contributed by atoms with E-state index in [1.807, 2.05) is 19.1 Å². The van der Waals surface area contributed by atoms with Gasteiger partial charge in [0.2, 0.25) is 10.0 Å². The number of amides is 1. The molecule has 1 aliphatic rings. The number of carbonyl (C=O) groups is 1. The molecule has 1 aliphatic heterocycles. The van der Waals surface area contributed by atoms with Crippen LogP contribution in [0.1, 0.15) is 9.88 Å². The van der Waals surface area contributed by atoms with Gasteiger partial charge in [-0.25, -0.2) is 18.2 Å². The van der Waals surface area contributed by atoms with Crippen molar-refractivity contribution in [1.29, 1.82) is 0 Å². The average Bonchev–Trinajstić information content (AvgIpc) is 3.10. The molecule has 0 saturated carbocycles. The zero-order valence-electron chi connectivity index (χ0n) is 14.0. The van der Waals surface area contributed by atoms with Crippen LogP contribution < -0.4 is 4.72 Å².